The zero-order valence-electron chi connectivity index (χ0n) is 22.7. The first kappa shape index (κ1) is 28.8. The number of aromatic nitrogens is 5. The van der Waals surface area contributed by atoms with Gasteiger partial charge in [0.1, 0.15) is 5.82 Å². The maximum absolute atomic E-state index is 14.7. The van der Waals surface area contributed by atoms with E-state index in [1.54, 1.807) is 27.8 Å². The molecule has 43 heavy (non-hydrogen) atoms. The second-order valence-corrected chi connectivity index (χ2v) is 10.9. The minimum absolute atomic E-state index is 0.0103. The number of hydrogen-bond donors (Lipinski definition) is 3. The number of likely N-dealkylation sites (tertiary alicyclic amines) is 1. The second-order valence-electron chi connectivity index (χ2n) is 10.9. The van der Waals surface area contributed by atoms with Crippen LogP contribution >= 0.6 is 0 Å². The Morgan fingerprint density at radius 3 is 2.58 bits per heavy atom. The number of halogens is 5. The van der Waals surface area contributed by atoms with Gasteiger partial charge in [0, 0.05) is 37.8 Å². The van der Waals surface area contributed by atoms with Gasteiger partial charge in [-0.3, -0.25) is 9.55 Å². The normalized spacial score (nSPS) is 20.6. The summed E-state index contributed by atoms with van der Waals surface area (Å²) in [7, 11) is 0. The van der Waals surface area contributed by atoms with Crippen LogP contribution in [0.15, 0.2) is 47.5 Å². The van der Waals surface area contributed by atoms with Crippen molar-refractivity contribution in [2.24, 2.45) is 0 Å². The van der Waals surface area contributed by atoms with Crippen LogP contribution in [0.4, 0.5) is 26.7 Å². The number of imidazole rings is 2. The van der Waals surface area contributed by atoms with E-state index in [2.05, 4.69) is 20.3 Å². The number of rotatable bonds is 4. The Labute approximate surface area is 241 Å². The summed E-state index contributed by atoms with van der Waals surface area (Å²) in [6, 6.07) is 5.68. The van der Waals surface area contributed by atoms with Crippen LogP contribution in [-0.4, -0.2) is 59.4 Å². The molecule has 15 heteroatoms. The third-order valence-corrected chi connectivity index (χ3v) is 8.35. The highest BCUT2D eigenvalue weighted by Gasteiger charge is 2.43. The highest BCUT2D eigenvalue weighted by atomic mass is 19.4. The van der Waals surface area contributed by atoms with E-state index in [4.69, 9.17) is 0 Å². The van der Waals surface area contributed by atoms with E-state index in [1.165, 1.54) is 12.1 Å². The molecule has 1 saturated heterocycles. The number of alkyl halides is 3. The smallest absolute Gasteiger partial charge is 0.378 e. The second kappa shape index (κ2) is 11.1. The number of aliphatic hydroxyl groups is 1. The minimum Gasteiger partial charge on any atom is -0.378 e. The quantitative estimate of drug-likeness (QED) is 0.297. The first-order valence-electron chi connectivity index (χ1n) is 13.9. The number of nitrogens with one attached hydrogen (secondary N) is 2. The van der Waals surface area contributed by atoms with Crippen molar-refractivity contribution in [1.82, 2.24) is 34.3 Å². The fourth-order valence-electron chi connectivity index (χ4n) is 6.19. The SMILES string of the molecule is O=C(N[C@@H]1CC[C@@H](c2cccc(F)c2F)Cn2c(C(O)C(F)(F)F)cnc21)N1CCC(n2c(=O)[nH]c3ncccc32)CC1. The molecule has 10 nitrogen and oxygen atoms in total. The van der Waals surface area contributed by atoms with Crippen molar-refractivity contribution in [3.05, 3.63) is 81.9 Å². The van der Waals surface area contributed by atoms with Crippen LogP contribution in [0.2, 0.25) is 0 Å². The summed E-state index contributed by atoms with van der Waals surface area (Å²) in [5.74, 6) is -2.84. The first-order chi connectivity index (χ1) is 20.5. The summed E-state index contributed by atoms with van der Waals surface area (Å²) in [6.45, 7) is 0.419. The number of benzene rings is 1. The number of carbonyl (C=O) groups excluding carboxylic acids is 1. The Balaban J connectivity index is 1.22. The van der Waals surface area contributed by atoms with Crippen LogP contribution < -0.4 is 11.0 Å². The molecule has 0 aliphatic carbocycles. The average Bonchev–Trinajstić information content (AvgIpc) is 3.49. The van der Waals surface area contributed by atoms with Gasteiger partial charge >= 0.3 is 17.9 Å². The molecule has 2 amide bonds. The molecular weight excluding hydrogens is 577 g/mol. The monoisotopic (exact) mass is 605 g/mol. The summed E-state index contributed by atoms with van der Waals surface area (Å²) in [4.78, 5) is 38.5. The van der Waals surface area contributed by atoms with Gasteiger partial charge in [-0.05, 0) is 49.4 Å². The van der Waals surface area contributed by atoms with Crippen LogP contribution in [0.3, 0.4) is 0 Å². The number of hydrogen-bond acceptors (Lipinski definition) is 5. The maximum Gasteiger partial charge on any atom is 0.420 e. The molecule has 5 heterocycles. The lowest BCUT2D eigenvalue weighted by molar-refractivity contribution is -0.208. The van der Waals surface area contributed by atoms with Crippen molar-refractivity contribution in [1.29, 1.82) is 0 Å². The number of nitrogens with zero attached hydrogens (tertiary/aromatic N) is 5. The molecule has 2 aliphatic heterocycles. The van der Waals surface area contributed by atoms with E-state index in [0.717, 1.165) is 16.8 Å². The minimum atomic E-state index is -4.99. The summed E-state index contributed by atoms with van der Waals surface area (Å²) < 4.78 is 72.1. The summed E-state index contributed by atoms with van der Waals surface area (Å²) in [5.41, 5.74) is 0.293. The van der Waals surface area contributed by atoms with E-state index in [0.29, 0.717) is 37.1 Å². The van der Waals surface area contributed by atoms with Gasteiger partial charge in [-0.2, -0.15) is 13.2 Å². The predicted molar refractivity (Wildman–Crippen MR) is 143 cm³/mol. The van der Waals surface area contributed by atoms with Gasteiger partial charge < -0.3 is 19.9 Å². The van der Waals surface area contributed by atoms with Gasteiger partial charge in [0.15, 0.2) is 23.4 Å². The molecular formula is C28H28F5N7O3. The topological polar surface area (TPSA) is 121 Å². The third-order valence-electron chi connectivity index (χ3n) is 8.35. The van der Waals surface area contributed by atoms with E-state index >= 15 is 0 Å². The number of fused-ring (bicyclic) bond motifs is 2. The number of urea groups is 1. The van der Waals surface area contributed by atoms with Crippen molar-refractivity contribution in [3.63, 3.8) is 0 Å². The average molecular weight is 606 g/mol. The maximum atomic E-state index is 14.7. The number of pyridine rings is 1. The largest absolute Gasteiger partial charge is 0.420 e. The summed E-state index contributed by atoms with van der Waals surface area (Å²) in [6.07, 6.45) is -4.02. The zero-order valence-corrected chi connectivity index (χ0v) is 22.7. The molecule has 1 aromatic carbocycles. The lowest BCUT2D eigenvalue weighted by Crippen LogP contribution is -2.46. The lowest BCUT2D eigenvalue weighted by atomic mass is 9.92. The molecule has 1 fully saturated rings. The Kier molecular flexibility index (Phi) is 7.44. The fraction of sp³-hybridized carbons (Fsp3) is 0.429. The molecule has 0 saturated carbocycles. The van der Waals surface area contributed by atoms with Crippen LogP contribution in [0.25, 0.3) is 11.2 Å². The van der Waals surface area contributed by atoms with Gasteiger partial charge in [-0.1, -0.05) is 12.1 Å². The highest BCUT2D eigenvalue weighted by molar-refractivity contribution is 5.75. The number of H-pyrrole nitrogens is 1. The van der Waals surface area contributed by atoms with E-state index in [9.17, 15) is 36.6 Å². The Morgan fingerprint density at radius 2 is 1.84 bits per heavy atom. The van der Waals surface area contributed by atoms with E-state index < -0.39 is 47.6 Å². The van der Waals surface area contributed by atoms with Crippen molar-refractivity contribution in [2.45, 2.75) is 62.5 Å². The molecule has 0 bridgehead atoms. The van der Waals surface area contributed by atoms with Gasteiger partial charge in [-0.25, -0.2) is 28.3 Å². The van der Waals surface area contributed by atoms with E-state index in [1.807, 2.05) is 0 Å². The predicted octanol–water partition coefficient (Wildman–Crippen LogP) is 4.46. The van der Waals surface area contributed by atoms with Crippen molar-refractivity contribution in [3.8, 4) is 0 Å². The van der Waals surface area contributed by atoms with Crippen molar-refractivity contribution < 1.29 is 31.9 Å². The van der Waals surface area contributed by atoms with Crippen LogP contribution in [0.5, 0.6) is 0 Å². The standard InChI is InChI=1S/C28H28F5N7O3/c29-18-4-1-3-17(22(18)30)15-6-7-19(25-35-13-21(39(25)14-15)23(41)28(31,32)33)36-26(42)38-11-8-16(9-12-38)40-20-5-2-10-34-24(20)37-27(40)43/h1-5,10,13,15-16,19,23,41H,6-9,11-12,14H2,(H,36,42)(H,34,37,43)/t15-,19-,23?/m1/s1. The molecule has 228 valence electrons. The molecule has 2 aliphatic rings. The molecule has 0 spiro atoms. The third kappa shape index (κ3) is 5.37. The number of aliphatic hydroxyl groups excluding tert-OH is 1. The summed E-state index contributed by atoms with van der Waals surface area (Å²) in [5, 5.41) is 12.9. The van der Waals surface area contributed by atoms with Crippen LogP contribution in [0.1, 0.15) is 66.9 Å². The Bertz CT molecular complexity index is 1710. The molecule has 0 radical (unpaired) electrons. The van der Waals surface area contributed by atoms with Gasteiger partial charge in [0.25, 0.3) is 0 Å². The molecule has 3 atom stereocenters. The molecule has 3 N–H and O–H groups in total. The van der Waals surface area contributed by atoms with E-state index in [-0.39, 0.29) is 42.5 Å². The number of carbonyl (C=O) groups is 1. The number of piperidine rings is 1. The van der Waals surface area contributed by atoms with Crippen molar-refractivity contribution in [2.75, 3.05) is 13.1 Å². The fourth-order valence-corrected chi connectivity index (χ4v) is 6.19. The number of amides is 2. The summed E-state index contributed by atoms with van der Waals surface area (Å²) >= 11 is 0. The highest BCUT2D eigenvalue weighted by Crippen LogP contribution is 2.39. The Morgan fingerprint density at radius 1 is 1.07 bits per heavy atom. The molecule has 3 aromatic heterocycles. The lowest BCUT2D eigenvalue weighted by Gasteiger charge is -2.33. The van der Waals surface area contributed by atoms with Gasteiger partial charge in [-0.15, -0.1) is 0 Å². The molecule has 4 aromatic rings. The van der Waals surface area contributed by atoms with Crippen molar-refractivity contribution >= 4 is 17.2 Å². The first-order valence-corrected chi connectivity index (χ1v) is 13.9. The Hall–Kier alpha value is -4.27. The zero-order chi connectivity index (χ0) is 30.5. The van der Waals surface area contributed by atoms with Crippen LogP contribution in [-0.2, 0) is 6.54 Å². The molecule has 6 rings (SSSR count). The number of aromatic amines is 1. The van der Waals surface area contributed by atoms with Gasteiger partial charge in [0.2, 0.25) is 0 Å². The van der Waals surface area contributed by atoms with Crippen LogP contribution in [0, 0.1) is 11.6 Å². The van der Waals surface area contributed by atoms with Gasteiger partial charge in [0.05, 0.1) is 23.4 Å². The molecule has 1 unspecified atom stereocenters.